The summed E-state index contributed by atoms with van der Waals surface area (Å²) in [7, 11) is 1.48. The topological polar surface area (TPSA) is 70.4 Å². The van der Waals surface area contributed by atoms with E-state index < -0.39 is 17.2 Å². The van der Waals surface area contributed by atoms with Crippen molar-refractivity contribution in [2.24, 2.45) is 0 Å². The number of ether oxygens (including phenoxy) is 2. The maximum absolute atomic E-state index is 13.9. The van der Waals surface area contributed by atoms with E-state index in [0.717, 1.165) is 6.07 Å². The number of hydrogen-bond donors (Lipinski definition) is 0. The van der Waals surface area contributed by atoms with Crippen LogP contribution in [0.1, 0.15) is 17.3 Å². The molecule has 0 spiro atoms. The van der Waals surface area contributed by atoms with Crippen LogP contribution in [0, 0.1) is 5.82 Å². The number of esters is 1. The standard InChI is InChI=1S/C18H14ClFN2O4/c1-3-26-18(24)11-9-22(13-6-4-5-7-14(13)25-2)17-10(15(11)23)8-12(20)16(19)21-17/h4-9H,3H2,1-2H3. The Morgan fingerprint density at radius 2 is 2.08 bits per heavy atom. The summed E-state index contributed by atoms with van der Waals surface area (Å²) in [5.74, 6) is -1.20. The molecule has 26 heavy (non-hydrogen) atoms. The molecule has 0 aliphatic heterocycles. The number of pyridine rings is 2. The summed E-state index contributed by atoms with van der Waals surface area (Å²) in [4.78, 5) is 28.8. The molecule has 8 heteroatoms. The molecule has 6 nitrogen and oxygen atoms in total. The highest BCUT2D eigenvalue weighted by atomic mass is 35.5. The first kappa shape index (κ1) is 17.9. The number of carbonyl (C=O) groups excluding carboxylic acids is 1. The zero-order chi connectivity index (χ0) is 18.8. The molecule has 3 rings (SSSR count). The lowest BCUT2D eigenvalue weighted by atomic mass is 10.1. The first-order valence-corrected chi connectivity index (χ1v) is 8.07. The van der Waals surface area contributed by atoms with Crippen LogP contribution in [-0.2, 0) is 4.74 Å². The van der Waals surface area contributed by atoms with E-state index >= 15 is 0 Å². The lowest BCUT2D eigenvalue weighted by Crippen LogP contribution is -2.21. The van der Waals surface area contributed by atoms with E-state index in [1.54, 1.807) is 31.2 Å². The van der Waals surface area contributed by atoms with Gasteiger partial charge in [0.25, 0.3) is 0 Å². The third-order valence-corrected chi connectivity index (χ3v) is 3.99. The van der Waals surface area contributed by atoms with Gasteiger partial charge >= 0.3 is 5.97 Å². The predicted octanol–water partition coefficient (Wildman–Crippen LogP) is 3.36. The summed E-state index contributed by atoms with van der Waals surface area (Å²) in [6, 6.07) is 7.88. The van der Waals surface area contributed by atoms with E-state index in [9.17, 15) is 14.0 Å². The fourth-order valence-electron chi connectivity index (χ4n) is 2.57. The Morgan fingerprint density at radius 3 is 2.77 bits per heavy atom. The fourth-order valence-corrected chi connectivity index (χ4v) is 2.70. The van der Waals surface area contributed by atoms with Gasteiger partial charge in [0, 0.05) is 6.20 Å². The van der Waals surface area contributed by atoms with Crippen molar-refractivity contribution in [3.05, 3.63) is 63.3 Å². The summed E-state index contributed by atoms with van der Waals surface area (Å²) in [5.41, 5.74) is -0.332. The summed E-state index contributed by atoms with van der Waals surface area (Å²) >= 11 is 5.80. The summed E-state index contributed by atoms with van der Waals surface area (Å²) in [6.07, 6.45) is 1.29. The Labute approximate surface area is 152 Å². The molecule has 0 radical (unpaired) electrons. The van der Waals surface area contributed by atoms with Gasteiger partial charge in [-0.3, -0.25) is 9.36 Å². The molecule has 0 bridgehead atoms. The third kappa shape index (κ3) is 3.01. The average molecular weight is 377 g/mol. The number of para-hydroxylation sites is 2. The van der Waals surface area contributed by atoms with E-state index in [2.05, 4.69) is 4.98 Å². The van der Waals surface area contributed by atoms with Gasteiger partial charge in [-0.05, 0) is 25.1 Å². The van der Waals surface area contributed by atoms with E-state index in [1.165, 1.54) is 17.9 Å². The van der Waals surface area contributed by atoms with Gasteiger partial charge < -0.3 is 9.47 Å². The van der Waals surface area contributed by atoms with Gasteiger partial charge in [0.05, 0.1) is 24.8 Å². The first-order valence-electron chi connectivity index (χ1n) is 7.69. The molecule has 3 aromatic rings. The number of aromatic nitrogens is 2. The Kier molecular flexibility index (Phi) is 4.90. The van der Waals surface area contributed by atoms with Crippen molar-refractivity contribution < 1.29 is 18.7 Å². The molecule has 0 unspecified atom stereocenters. The largest absolute Gasteiger partial charge is 0.495 e. The van der Waals surface area contributed by atoms with Crippen molar-refractivity contribution in [3.8, 4) is 11.4 Å². The van der Waals surface area contributed by atoms with Crippen LogP contribution >= 0.6 is 11.6 Å². The second-order valence-corrected chi connectivity index (χ2v) is 5.62. The summed E-state index contributed by atoms with van der Waals surface area (Å²) in [6.45, 7) is 1.72. The average Bonchev–Trinajstić information content (AvgIpc) is 2.64. The monoisotopic (exact) mass is 376 g/mol. The van der Waals surface area contributed by atoms with E-state index in [0.29, 0.717) is 11.4 Å². The zero-order valence-corrected chi connectivity index (χ0v) is 14.7. The van der Waals surface area contributed by atoms with Crippen LogP contribution in [-0.4, -0.2) is 29.2 Å². The molecule has 2 heterocycles. The number of fused-ring (bicyclic) bond motifs is 1. The van der Waals surface area contributed by atoms with Crippen molar-refractivity contribution in [3.63, 3.8) is 0 Å². The predicted molar refractivity (Wildman–Crippen MR) is 94.8 cm³/mol. The van der Waals surface area contributed by atoms with Gasteiger partial charge in [-0.25, -0.2) is 14.2 Å². The van der Waals surface area contributed by atoms with Crippen molar-refractivity contribution in [2.45, 2.75) is 6.92 Å². The molecular weight excluding hydrogens is 363 g/mol. The highest BCUT2D eigenvalue weighted by Gasteiger charge is 2.20. The van der Waals surface area contributed by atoms with Crippen LogP contribution in [0.15, 0.2) is 41.3 Å². The maximum Gasteiger partial charge on any atom is 0.343 e. The van der Waals surface area contributed by atoms with E-state index in [-0.39, 0.29) is 28.4 Å². The van der Waals surface area contributed by atoms with Crippen molar-refractivity contribution in [2.75, 3.05) is 13.7 Å². The van der Waals surface area contributed by atoms with E-state index in [4.69, 9.17) is 21.1 Å². The molecule has 1 aromatic carbocycles. The Bertz CT molecular complexity index is 1060. The van der Waals surface area contributed by atoms with Crippen LogP contribution < -0.4 is 10.2 Å². The maximum atomic E-state index is 13.9. The van der Waals surface area contributed by atoms with Gasteiger partial charge in [0.1, 0.15) is 11.3 Å². The highest BCUT2D eigenvalue weighted by molar-refractivity contribution is 6.29. The molecule has 0 aliphatic rings. The van der Waals surface area contributed by atoms with Crippen LogP contribution in [0.2, 0.25) is 5.15 Å². The van der Waals surface area contributed by atoms with Gasteiger partial charge in [-0.2, -0.15) is 0 Å². The van der Waals surface area contributed by atoms with Gasteiger partial charge in [-0.1, -0.05) is 23.7 Å². The van der Waals surface area contributed by atoms with Crippen molar-refractivity contribution in [1.82, 2.24) is 9.55 Å². The number of carbonyl (C=O) groups is 1. The smallest absolute Gasteiger partial charge is 0.343 e. The number of benzene rings is 1. The molecule has 0 aliphatic carbocycles. The normalized spacial score (nSPS) is 10.8. The Balaban J connectivity index is 2.44. The number of nitrogens with zero attached hydrogens (tertiary/aromatic N) is 2. The second kappa shape index (κ2) is 7.13. The van der Waals surface area contributed by atoms with Crippen LogP contribution in [0.5, 0.6) is 5.75 Å². The molecular formula is C18H14ClFN2O4. The lowest BCUT2D eigenvalue weighted by Gasteiger charge is -2.15. The number of rotatable bonds is 4. The lowest BCUT2D eigenvalue weighted by molar-refractivity contribution is 0.0524. The minimum absolute atomic E-state index is 0.0941. The molecule has 0 atom stereocenters. The van der Waals surface area contributed by atoms with Crippen LogP contribution in [0.4, 0.5) is 4.39 Å². The molecule has 134 valence electrons. The highest BCUT2D eigenvalue weighted by Crippen LogP contribution is 2.26. The quantitative estimate of drug-likeness (QED) is 0.516. The van der Waals surface area contributed by atoms with Crippen molar-refractivity contribution in [1.29, 1.82) is 0 Å². The third-order valence-electron chi connectivity index (χ3n) is 3.73. The first-order chi connectivity index (χ1) is 12.5. The van der Waals surface area contributed by atoms with Crippen molar-refractivity contribution >= 4 is 28.6 Å². The number of methoxy groups -OCH3 is 1. The minimum Gasteiger partial charge on any atom is -0.495 e. The number of hydrogen-bond acceptors (Lipinski definition) is 5. The molecule has 0 saturated carbocycles. The number of halogens is 2. The SMILES string of the molecule is CCOC(=O)c1cn(-c2ccccc2OC)c2nc(Cl)c(F)cc2c1=O. The minimum atomic E-state index is -0.858. The Morgan fingerprint density at radius 1 is 1.35 bits per heavy atom. The molecule has 0 amide bonds. The zero-order valence-electron chi connectivity index (χ0n) is 14.0. The molecule has 2 aromatic heterocycles. The summed E-state index contributed by atoms with van der Waals surface area (Å²) in [5, 5.41) is -0.479. The van der Waals surface area contributed by atoms with Crippen LogP contribution in [0.3, 0.4) is 0 Å². The molecule has 0 N–H and O–H groups in total. The fraction of sp³-hybridized carbons (Fsp3) is 0.167. The Hall–Kier alpha value is -2.93. The van der Waals surface area contributed by atoms with Gasteiger partial charge in [0.15, 0.2) is 16.6 Å². The van der Waals surface area contributed by atoms with Gasteiger partial charge in [-0.15, -0.1) is 0 Å². The molecule has 0 fully saturated rings. The van der Waals surface area contributed by atoms with E-state index in [1.807, 2.05) is 0 Å². The van der Waals surface area contributed by atoms with Gasteiger partial charge in [0.2, 0.25) is 5.43 Å². The van der Waals surface area contributed by atoms with Crippen LogP contribution in [0.25, 0.3) is 16.7 Å². The summed E-state index contributed by atoms with van der Waals surface area (Å²) < 4.78 is 25.6. The second-order valence-electron chi connectivity index (χ2n) is 5.27. The molecule has 0 saturated heterocycles.